The Morgan fingerprint density at radius 3 is 2.50 bits per heavy atom. The normalized spacial score (nSPS) is 16.9. The molecule has 30 heavy (non-hydrogen) atoms. The van der Waals surface area contributed by atoms with Gasteiger partial charge in [0, 0.05) is 22.6 Å². The van der Waals surface area contributed by atoms with Gasteiger partial charge in [0.25, 0.3) is 0 Å². The molecule has 0 saturated heterocycles. The van der Waals surface area contributed by atoms with Gasteiger partial charge in [0.05, 0.1) is 0 Å². The maximum absolute atomic E-state index is 14.0. The highest BCUT2D eigenvalue weighted by atomic mass is 19.4. The number of nitrogens with zero attached hydrogens (tertiary/aromatic N) is 2. The van der Waals surface area contributed by atoms with Crippen molar-refractivity contribution in [3.63, 3.8) is 0 Å². The number of rotatable bonds is 3. The fourth-order valence-electron chi connectivity index (χ4n) is 4.70. The average Bonchev–Trinajstić information content (AvgIpc) is 3.38. The molecule has 5 nitrogen and oxygen atoms in total. The van der Waals surface area contributed by atoms with Gasteiger partial charge in [0.15, 0.2) is 17.2 Å². The maximum Gasteiger partial charge on any atom is 0.422 e. The van der Waals surface area contributed by atoms with Crippen molar-refractivity contribution in [1.82, 2.24) is 10.3 Å². The summed E-state index contributed by atoms with van der Waals surface area (Å²) in [6.45, 7) is 0. The third kappa shape index (κ3) is 3.05. The quantitative estimate of drug-likeness (QED) is 0.492. The van der Waals surface area contributed by atoms with Crippen LogP contribution in [0.5, 0.6) is 0 Å². The lowest BCUT2D eigenvalue weighted by Crippen LogP contribution is -2.13. The van der Waals surface area contributed by atoms with E-state index in [0.29, 0.717) is 42.5 Å². The number of carbonyl (C=O) groups excluding carboxylic acids is 1. The van der Waals surface area contributed by atoms with Crippen molar-refractivity contribution >= 4 is 6.29 Å². The number of halogens is 3. The van der Waals surface area contributed by atoms with Gasteiger partial charge in [-0.2, -0.15) is 13.2 Å². The molecule has 1 fully saturated rings. The number of aromatic nitrogens is 2. The molecule has 0 aliphatic heterocycles. The summed E-state index contributed by atoms with van der Waals surface area (Å²) in [5.41, 5.74) is 2.18. The van der Waals surface area contributed by atoms with Gasteiger partial charge in [-0.05, 0) is 37.3 Å². The summed E-state index contributed by atoms with van der Waals surface area (Å²) in [6, 6.07) is 5.19. The van der Waals surface area contributed by atoms with E-state index in [1.165, 1.54) is 0 Å². The smallest absolute Gasteiger partial charge is 0.360 e. The molecule has 2 aromatic heterocycles. The highest BCUT2D eigenvalue weighted by molar-refractivity contribution is 5.81. The molecule has 3 aromatic rings. The lowest BCUT2D eigenvalue weighted by atomic mass is 9.84. The maximum atomic E-state index is 14.0. The molecule has 1 saturated carbocycles. The van der Waals surface area contributed by atoms with Crippen LogP contribution in [0.25, 0.3) is 22.7 Å². The number of fused-ring (bicyclic) bond motifs is 3. The number of aryl methyl sites for hydroxylation is 1. The molecule has 0 radical (unpaired) electrons. The number of benzene rings is 1. The Balaban J connectivity index is 1.62. The summed E-state index contributed by atoms with van der Waals surface area (Å²) in [5, 5.41) is 7.88. The van der Waals surface area contributed by atoms with Crippen LogP contribution in [0, 0.1) is 0 Å². The van der Waals surface area contributed by atoms with Gasteiger partial charge in [-0.15, -0.1) is 0 Å². The number of hydrogen-bond donors (Lipinski definition) is 0. The minimum Gasteiger partial charge on any atom is -0.360 e. The SMILES string of the molecule is O=Cc1ccc2c(c1)CCc1c-2noc1-c1noc(C2CCCCC2)c1C(F)(F)F. The van der Waals surface area contributed by atoms with Crippen LogP contribution in [-0.4, -0.2) is 16.6 Å². The van der Waals surface area contributed by atoms with Crippen LogP contribution in [0.3, 0.4) is 0 Å². The van der Waals surface area contributed by atoms with Gasteiger partial charge in [0.1, 0.15) is 17.5 Å². The number of aldehydes is 1. The Morgan fingerprint density at radius 1 is 1.00 bits per heavy atom. The summed E-state index contributed by atoms with van der Waals surface area (Å²) in [5.74, 6) is -0.347. The molecule has 2 aliphatic rings. The number of alkyl halides is 3. The van der Waals surface area contributed by atoms with Crippen LogP contribution in [-0.2, 0) is 19.0 Å². The van der Waals surface area contributed by atoms with Crippen molar-refractivity contribution in [1.29, 1.82) is 0 Å². The molecule has 8 heteroatoms. The van der Waals surface area contributed by atoms with Gasteiger partial charge in [-0.25, -0.2) is 0 Å². The minimum absolute atomic E-state index is 0.0215. The summed E-state index contributed by atoms with van der Waals surface area (Å²) in [4.78, 5) is 11.0. The van der Waals surface area contributed by atoms with E-state index in [1.807, 2.05) is 0 Å². The van der Waals surface area contributed by atoms with Crippen molar-refractivity contribution in [3.8, 4) is 22.7 Å². The fraction of sp³-hybridized carbons (Fsp3) is 0.409. The lowest BCUT2D eigenvalue weighted by Gasteiger charge is -2.20. The largest absolute Gasteiger partial charge is 0.422 e. The molecular formula is C22H19F3N2O3. The molecule has 0 unspecified atom stereocenters. The van der Waals surface area contributed by atoms with Crippen LogP contribution in [0.4, 0.5) is 13.2 Å². The first kappa shape index (κ1) is 19.1. The van der Waals surface area contributed by atoms with Crippen LogP contribution in [0.2, 0.25) is 0 Å². The zero-order chi connectivity index (χ0) is 20.9. The van der Waals surface area contributed by atoms with E-state index in [2.05, 4.69) is 10.3 Å². The third-order valence-electron chi connectivity index (χ3n) is 6.15. The summed E-state index contributed by atoms with van der Waals surface area (Å²) in [7, 11) is 0. The van der Waals surface area contributed by atoms with Crippen LogP contribution in [0.1, 0.15) is 70.8 Å². The van der Waals surface area contributed by atoms with Gasteiger partial charge in [-0.3, -0.25) is 4.79 Å². The molecule has 0 bridgehead atoms. The first-order chi connectivity index (χ1) is 14.5. The van der Waals surface area contributed by atoms with Crippen molar-refractivity contribution < 1.29 is 27.0 Å². The van der Waals surface area contributed by atoms with E-state index in [4.69, 9.17) is 9.05 Å². The average molecular weight is 416 g/mol. The first-order valence-corrected chi connectivity index (χ1v) is 10.1. The first-order valence-electron chi connectivity index (χ1n) is 10.1. The fourth-order valence-corrected chi connectivity index (χ4v) is 4.70. The molecule has 156 valence electrons. The summed E-state index contributed by atoms with van der Waals surface area (Å²) in [6.07, 6.45) is 1.32. The Kier molecular flexibility index (Phi) is 4.52. The second-order valence-electron chi connectivity index (χ2n) is 7.98. The van der Waals surface area contributed by atoms with E-state index in [9.17, 15) is 18.0 Å². The van der Waals surface area contributed by atoms with E-state index < -0.39 is 11.7 Å². The Bertz CT molecular complexity index is 1110. The molecule has 2 aliphatic carbocycles. The molecule has 0 amide bonds. The number of hydrogen-bond acceptors (Lipinski definition) is 5. The second kappa shape index (κ2) is 7.11. The second-order valence-corrected chi connectivity index (χ2v) is 7.98. The van der Waals surface area contributed by atoms with E-state index in [1.54, 1.807) is 18.2 Å². The van der Waals surface area contributed by atoms with Crippen molar-refractivity contribution in [2.24, 2.45) is 0 Å². The highest BCUT2D eigenvalue weighted by Crippen LogP contribution is 2.47. The van der Waals surface area contributed by atoms with Gasteiger partial charge >= 0.3 is 6.18 Å². The monoisotopic (exact) mass is 416 g/mol. The topological polar surface area (TPSA) is 69.1 Å². The van der Waals surface area contributed by atoms with Gasteiger partial charge in [0.2, 0.25) is 0 Å². The molecule has 5 rings (SSSR count). The molecular weight excluding hydrogens is 397 g/mol. The highest BCUT2D eigenvalue weighted by Gasteiger charge is 2.44. The minimum atomic E-state index is -4.60. The lowest BCUT2D eigenvalue weighted by molar-refractivity contribution is -0.138. The Labute approximate surface area is 170 Å². The van der Waals surface area contributed by atoms with Crippen molar-refractivity contribution in [2.45, 2.75) is 57.0 Å². The van der Waals surface area contributed by atoms with Gasteiger partial charge in [-0.1, -0.05) is 41.7 Å². The van der Waals surface area contributed by atoms with Crippen molar-refractivity contribution in [3.05, 3.63) is 46.2 Å². The predicted octanol–water partition coefficient (Wildman–Crippen LogP) is 5.97. The third-order valence-corrected chi connectivity index (χ3v) is 6.15. The molecule has 0 atom stereocenters. The van der Waals surface area contributed by atoms with Crippen molar-refractivity contribution in [2.75, 3.05) is 0 Å². The molecule has 1 aromatic carbocycles. The number of carbonyl (C=O) groups is 1. The van der Waals surface area contributed by atoms with E-state index in [-0.39, 0.29) is 23.1 Å². The zero-order valence-corrected chi connectivity index (χ0v) is 16.1. The zero-order valence-electron chi connectivity index (χ0n) is 16.1. The Morgan fingerprint density at radius 2 is 1.77 bits per heavy atom. The van der Waals surface area contributed by atoms with Crippen LogP contribution in [0.15, 0.2) is 27.2 Å². The molecule has 2 heterocycles. The molecule has 0 spiro atoms. The van der Waals surface area contributed by atoms with Crippen LogP contribution < -0.4 is 0 Å². The standard InChI is InChI=1S/C22H19F3N2O3/c23-22(24,25)17-19(27-29-20(17)13-4-2-1-3-5-13)21-16-9-7-14-10-12(11-28)6-8-15(14)18(16)26-30-21/h6,8,10-11,13H,1-5,7,9H2. The predicted molar refractivity (Wildman–Crippen MR) is 101 cm³/mol. The molecule has 0 N–H and O–H groups in total. The van der Waals surface area contributed by atoms with Crippen LogP contribution >= 0.6 is 0 Å². The van der Waals surface area contributed by atoms with Gasteiger partial charge < -0.3 is 9.05 Å². The summed E-state index contributed by atoms with van der Waals surface area (Å²) >= 11 is 0. The summed E-state index contributed by atoms with van der Waals surface area (Å²) < 4.78 is 52.8. The Hall–Kier alpha value is -2.90. The van der Waals surface area contributed by atoms with E-state index in [0.717, 1.165) is 36.7 Å². The van der Waals surface area contributed by atoms with E-state index >= 15 is 0 Å².